The van der Waals surface area contributed by atoms with Crippen LogP contribution in [0.25, 0.3) is 0 Å². The zero-order valence-corrected chi connectivity index (χ0v) is 22.5. The van der Waals surface area contributed by atoms with Crippen molar-refractivity contribution in [1.29, 1.82) is 0 Å². The van der Waals surface area contributed by atoms with Crippen LogP contribution >= 0.6 is 0 Å². The van der Waals surface area contributed by atoms with E-state index in [1.54, 1.807) is 18.2 Å². The second kappa shape index (κ2) is 11.4. The number of hydrogen-bond donors (Lipinski definition) is 1. The first kappa shape index (κ1) is 29.0. The van der Waals surface area contributed by atoms with Gasteiger partial charge >= 0.3 is 59.1 Å². The van der Waals surface area contributed by atoms with E-state index in [-0.39, 0.29) is 87.4 Å². The molecule has 0 atom stereocenters. The summed E-state index contributed by atoms with van der Waals surface area (Å²) in [7, 11) is -9.93. The molecule has 32 heavy (non-hydrogen) atoms. The Hall–Kier alpha value is -1.03. The molecule has 0 aliphatic rings. The maximum atomic E-state index is 11.6. The van der Waals surface area contributed by atoms with Crippen molar-refractivity contribution in [3.63, 3.8) is 0 Å². The third kappa shape index (κ3) is 7.50. The Morgan fingerprint density at radius 1 is 0.719 bits per heavy atom. The molecule has 0 bridgehead atoms. The molecule has 1 N–H and O–H groups in total. The molecule has 0 amide bonds. The van der Waals surface area contributed by atoms with Crippen molar-refractivity contribution >= 4 is 20.8 Å². The van der Waals surface area contributed by atoms with E-state index in [1.807, 2.05) is 0 Å². The van der Waals surface area contributed by atoms with Crippen molar-refractivity contribution in [3.05, 3.63) is 89.7 Å². The van der Waals surface area contributed by atoms with Crippen LogP contribution in [0.2, 0.25) is 0 Å². The van der Waals surface area contributed by atoms with Gasteiger partial charge < -0.3 is 22.6 Å². The van der Waals surface area contributed by atoms with Gasteiger partial charge in [-0.1, -0.05) is 30.3 Å². The molecule has 0 saturated carbocycles. The number of aliphatic hydroxyl groups is 1. The van der Waals surface area contributed by atoms with Gasteiger partial charge in [-0.2, -0.15) is 0 Å². The topological polar surface area (TPSA) is 166 Å². The minimum Gasteiger partial charge on any atom is -0.716 e. The van der Waals surface area contributed by atoms with Crippen LogP contribution < -0.4 is 67.5 Å². The van der Waals surface area contributed by atoms with Gasteiger partial charge in [0.05, 0.1) is 5.69 Å². The third-order valence-corrected chi connectivity index (χ3v) is 4.77. The van der Waals surface area contributed by atoms with Crippen molar-refractivity contribution in [2.24, 2.45) is 0 Å². The Bertz CT molecular complexity index is 1160. The smallest absolute Gasteiger partial charge is 0.716 e. The fourth-order valence-electron chi connectivity index (χ4n) is 2.78. The van der Waals surface area contributed by atoms with Crippen molar-refractivity contribution < 1.29 is 98.5 Å². The molecule has 0 radical (unpaired) electrons. The molecule has 1 aromatic heterocycles. The molecule has 158 valence electrons. The van der Waals surface area contributed by atoms with Crippen LogP contribution in [-0.2, 0) is 26.4 Å². The average Bonchev–Trinajstić information content (AvgIpc) is 2.67. The van der Waals surface area contributed by atoms with Crippen LogP contribution in [-0.4, -0.2) is 36.0 Å². The predicted octanol–water partition coefficient (Wildman–Crippen LogP) is -4.95. The summed E-state index contributed by atoms with van der Waals surface area (Å²) in [6.07, 6.45) is 1.45. The van der Waals surface area contributed by atoms with Crippen molar-refractivity contribution in [3.8, 4) is 11.5 Å². The summed E-state index contributed by atoms with van der Waals surface area (Å²) in [6.45, 7) is 0. The molecule has 0 fully saturated rings. The van der Waals surface area contributed by atoms with E-state index in [4.69, 9.17) is 0 Å². The van der Waals surface area contributed by atoms with Gasteiger partial charge in [0.2, 0.25) is 0 Å². The molecule has 0 spiro atoms. The maximum absolute atomic E-state index is 11.6. The predicted molar refractivity (Wildman–Crippen MR) is 99.9 cm³/mol. The first-order valence-electron chi connectivity index (χ1n) is 8.13. The number of aromatic nitrogens is 1. The zero-order chi connectivity index (χ0) is 22.0. The van der Waals surface area contributed by atoms with E-state index in [9.17, 15) is 31.0 Å². The zero-order valence-electron chi connectivity index (χ0n) is 16.9. The Morgan fingerprint density at radius 3 is 1.44 bits per heavy atom. The summed E-state index contributed by atoms with van der Waals surface area (Å²) in [6, 6.07) is 14.9. The minimum atomic E-state index is -4.96. The SMILES string of the molecule is O=S(=O)([O-])Oc1ccc(C(O)(c2ccc(OS(=O)(=O)[O-])cc2)c2ccccn2)cc1.[Na+].[Na+]. The van der Waals surface area contributed by atoms with Gasteiger partial charge in [-0.25, -0.2) is 16.8 Å². The fraction of sp³-hybridized carbons (Fsp3) is 0.0556. The number of pyridine rings is 1. The van der Waals surface area contributed by atoms with Crippen LogP contribution in [0.15, 0.2) is 72.9 Å². The summed E-state index contributed by atoms with van der Waals surface area (Å²) >= 11 is 0. The monoisotopic (exact) mass is 497 g/mol. The minimum absolute atomic E-state index is 0. The summed E-state index contributed by atoms with van der Waals surface area (Å²) in [5.74, 6) is -0.497. The van der Waals surface area contributed by atoms with Gasteiger partial charge in [0.1, 0.15) is 11.5 Å². The van der Waals surface area contributed by atoms with Crippen LogP contribution in [0.4, 0.5) is 0 Å². The standard InChI is InChI=1S/C18H15NO9S2.2Na/c20-18(17-3-1-2-12-19-17,13-4-8-15(9-5-13)27-29(21,22)23)14-6-10-16(11-7-14)28-30(24,25)26;;/h1-12,20H,(H,21,22,23)(H,24,25,26);;/q;2*+1/p-2. The van der Waals surface area contributed by atoms with E-state index in [2.05, 4.69) is 13.4 Å². The molecule has 10 nitrogen and oxygen atoms in total. The van der Waals surface area contributed by atoms with Gasteiger partial charge in [-0.15, -0.1) is 0 Å². The molecule has 2 aromatic carbocycles. The maximum Gasteiger partial charge on any atom is 1.00 e. The van der Waals surface area contributed by atoms with Gasteiger partial charge in [0.25, 0.3) is 20.8 Å². The number of rotatable bonds is 7. The van der Waals surface area contributed by atoms with Crippen molar-refractivity contribution in [1.82, 2.24) is 4.98 Å². The second-order valence-corrected chi connectivity index (χ2v) is 7.92. The van der Waals surface area contributed by atoms with E-state index in [0.717, 1.165) is 0 Å². The van der Waals surface area contributed by atoms with Gasteiger partial charge in [-0.3, -0.25) is 4.98 Å². The van der Waals surface area contributed by atoms with Crippen molar-refractivity contribution in [2.45, 2.75) is 5.60 Å². The van der Waals surface area contributed by atoms with E-state index in [0.29, 0.717) is 0 Å². The van der Waals surface area contributed by atoms with E-state index in [1.165, 1.54) is 54.7 Å². The quantitative estimate of drug-likeness (QED) is 0.190. The van der Waals surface area contributed by atoms with Gasteiger partial charge in [-0.05, 0) is 47.5 Å². The Morgan fingerprint density at radius 2 is 1.12 bits per heavy atom. The Labute approximate surface area is 229 Å². The van der Waals surface area contributed by atoms with E-state index < -0.39 is 26.4 Å². The van der Waals surface area contributed by atoms with Gasteiger partial charge in [0, 0.05) is 6.20 Å². The number of nitrogens with zero attached hydrogens (tertiary/aromatic N) is 1. The summed E-state index contributed by atoms with van der Waals surface area (Å²) in [4.78, 5) is 4.16. The molecule has 0 aliphatic carbocycles. The molecule has 3 rings (SSSR count). The Kier molecular flexibility index (Phi) is 10.3. The number of hydrogen-bond acceptors (Lipinski definition) is 10. The fourth-order valence-corrected chi connectivity index (χ4v) is 3.47. The normalized spacial score (nSPS) is 11.6. The summed E-state index contributed by atoms with van der Waals surface area (Å²) < 4.78 is 73.0. The Balaban J connectivity index is 0.00000256. The van der Waals surface area contributed by atoms with E-state index >= 15 is 0 Å². The molecule has 0 unspecified atom stereocenters. The largest absolute Gasteiger partial charge is 1.00 e. The van der Waals surface area contributed by atoms with Crippen LogP contribution in [0.3, 0.4) is 0 Å². The molecule has 0 aliphatic heterocycles. The molecule has 1 heterocycles. The molecule has 14 heteroatoms. The molecular formula is C18H13NNa2O9S2. The van der Waals surface area contributed by atoms with Gasteiger partial charge in [0.15, 0.2) is 5.60 Å². The molecular weight excluding hydrogens is 484 g/mol. The second-order valence-electron chi connectivity index (χ2n) is 5.96. The molecule has 0 saturated heterocycles. The van der Waals surface area contributed by atoms with Crippen LogP contribution in [0, 0.1) is 0 Å². The average molecular weight is 497 g/mol. The number of benzene rings is 2. The third-order valence-electron chi connectivity index (χ3n) is 3.98. The first-order valence-corrected chi connectivity index (χ1v) is 10.8. The van der Waals surface area contributed by atoms with Crippen LogP contribution in [0.5, 0.6) is 11.5 Å². The van der Waals surface area contributed by atoms with Crippen LogP contribution in [0.1, 0.15) is 16.8 Å². The summed E-state index contributed by atoms with van der Waals surface area (Å²) in [5.41, 5.74) is -1.19. The first-order chi connectivity index (χ1) is 14.0. The molecule has 3 aromatic rings. The summed E-state index contributed by atoms with van der Waals surface area (Å²) in [5, 5.41) is 11.6. The van der Waals surface area contributed by atoms with Crippen molar-refractivity contribution in [2.75, 3.05) is 0 Å².